The number of quaternary nitrogens is 1. The number of hydrogen-bond donors (Lipinski definition) is 1. The quantitative estimate of drug-likeness (QED) is 0.0161. The van der Waals surface area contributed by atoms with Gasteiger partial charge in [-0.15, -0.1) is 0 Å². The second kappa shape index (κ2) is 46.7. The molecule has 0 rings (SSSR count). The Hall–Kier alpha value is -2.03. The van der Waals surface area contributed by atoms with E-state index in [1.807, 2.05) is 33.3 Å². The van der Waals surface area contributed by atoms with Crippen LogP contribution in [0.3, 0.4) is 0 Å². The van der Waals surface area contributed by atoms with Crippen LogP contribution >= 0.6 is 7.82 Å². The van der Waals surface area contributed by atoms with Gasteiger partial charge in [-0.25, -0.2) is 0 Å². The Bertz CT molecular complexity index is 1280. The Balaban J connectivity index is 5.44. The van der Waals surface area contributed by atoms with Gasteiger partial charge in [-0.2, -0.15) is 0 Å². The number of unbranched alkanes of at least 4 members (excludes halogenated alkanes) is 28. The van der Waals surface area contributed by atoms with Gasteiger partial charge in [-0.1, -0.05) is 198 Å². The summed E-state index contributed by atoms with van der Waals surface area (Å²) in [7, 11) is 1.17. The molecule has 0 spiro atoms. The molecular weight excluding hydrogens is 844 g/mol. The first-order valence-electron chi connectivity index (χ1n) is 27.5. The molecule has 1 amide bonds. The van der Waals surface area contributed by atoms with E-state index in [1.54, 1.807) is 0 Å². The summed E-state index contributed by atoms with van der Waals surface area (Å²) in [5, 5.41) is 3.00. The summed E-state index contributed by atoms with van der Waals surface area (Å²) in [6.07, 6.45) is 55.0. The second-order valence-electron chi connectivity index (χ2n) is 19.8. The van der Waals surface area contributed by atoms with Crippen molar-refractivity contribution in [2.45, 2.75) is 258 Å². The number of allylic oxidation sites excluding steroid dienone is 7. The predicted molar refractivity (Wildman–Crippen MR) is 279 cm³/mol. The first-order valence-corrected chi connectivity index (χ1v) is 28.9. The van der Waals surface area contributed by atoms with Gasteiger partial charge in [0, 0.05) is 12.8 Å². The Morgan fingerprint density at radius 1 is 0.530 bits per heavy atom. The van der Waals surface area contributed by atoms with Crippen molar-refractivity contribution in [3.05, 3.63) is 48.6 Å². The highest BCUT2D eigenvalue weighted by atomic mass is 31.2. The summed E-state index contributed by atoms with van der Waals surface area (Å²) >= 11 is 0. The summed E-state index contributed by atoms with van der Waals surface area (Å²) in [5.41, 5.74) is 0. The molecule has 0 aliphatic heterocycles. The number of phosphoric ester groups is 1. The van der Waals surface area contributed by atoms with Crippen molar-refractivity contribution in [3.8, 4) is 0 Å². The van der Waals surface area contributed by atoms with E-state index in [2.05, 4.69) is 62.5 Å². The minimum Gasteiger partial charge on any atom is -0.756 e. The van der Waals surface area contributed by atoms with Crippen molar-refractivity contribution < 1.29 is 37.3 Å². The molecule has 0 fully saturated rings. The van der Waals surface area contributed by atoms with E-state index in [-0.39, 0.29) is 24.9 Å². The normalized spacial score (nSPS) is 14.2. The molecule has 0 heterocycles. The van der Waals surface area contributed by atoms with Gasteiger partial charge in [0.2, 0.25) is 5.91 Å². The SMILES string of the molecule is CCCCC/C=C/C=C/CCCCCCCCC(=O)OC(/C=C/CCCCCCCCCCCC)C(COP(=O)([O-])OCC[N+](C)(C)C)NC(=O)CCCCC/C=C\CCCCCCCC. The number of carbonyl (C=O) groups is 2. The topological polar surface area (TPSA) is 114 Å². The lowest BCUT2D eigenvalue weighted by Gasteiger charge is -2.30. The molecule has 0 saturated carbocycles. The van der Waals surface area contributed by atoms with E-state index in [9.17, 15) is 19.0 Å². The summed E-state index contributed by atoms with van der Waals surface area (Å²) in [4.78, 5) is 39.7. The van der Waals surface area contributed by atoms with Gasteiger partial charge < -0.3 is 28.5 Å². The molecule has 10 heteroatoms. The standard InChI is InChI=1S/C56H105N2O7P/c1-7-10-13-16-19-22-25-28-29-31-34-37-40-43-46-49-56(60)65-54(47-44-41-38-35-32-27-24-21-18-15-12-9-3)53(52-64-66(61,62)63-51-50-58(4,5)6)57-55(59)48-45-42-39-36-33-30-26-23-20-17-14-11-8-2/h19,22,25,28,30,33,44,47,53-54H,7-18,20-21,23-24,26-27,29,31-32,34-43,45-46,48-52H2,1-6H3,(H-,57,59,61,62)/b22-19+,28-25+,33-30-,47-44+. The van der Waals surface area contributed by atoms with E-state index >= 15 is 0 Å². The van der Waals surface area contributed by atoms with Crippen molar-refractivity contribution in [3.63, 3.8) is 0 Å². The lowest BCUT2D eigenvalue weighted by molar-refractivity contribution is -0.870. The molecule has 0 aromatic carbocycles. The predicted octanol–water partition coefficient (Wildman–Crippen LogP) is 15.5. The van der Waals surface area contributed by atoms with Gasteiger partial charge in [0.05, 0.1) is 33.8 Å². The number of amides is 1. The maximum atomic E-state index is 13.4. The molecule has 0 aliphatic carbocycles. The summed E-state index contributed by atoms with van der Waals surface area (Å²) in [6.45, 7) is 6.78. The molecule has 3 unspecified atom stereocenters. The highest BCUT2D eigenvalue weighted by Gasteiger charge is 2.27. The average molecular weight is 949 g/mol. The number of likely N-dealkylation sites (N-methyl/N-ethyl adjacent to an activating group) is 1. The molecular formula is C56H105N2O7P. The van der Waals surface area contributed by atoms with E-state index < -0.39 is 26.6 Å². The van der Waals surface area contributed by atoms with Gasteiger partial charge >= 0.3 is 5.97 Å². The Kier molecular flexibility index (Phi) is 45.3. The number of esters is 1. The lowest BCUT2D eigenvalue weighted by Crippen LogP contribution is -2.47. The van der Waals surface area contributed by atoms with E-state index in [0.29, 0.717) is 30.3 Å². The minimum absolute atomic E-state index is 0.0272. The molecule has 0 aromatic rings. The number of carbonyl (C=O) groups excluding carboxylic acids is 2. The fourth-order valence-electron chi connectivity index (χ4n) is 7.68. The van der Waals surface area contributed by atoms with Gasteiger partial charge in [-0.05, 0) is 83.1 Å². The Morgan fingerprint density at radius 3 is 1.42 bits per heavy atom. The maximum Gasteiger partial charge on any atom is 0.306 e. The average Bonchev–Trinajstić information content (AvgIpc) is 3.27. The van der Waals surface area contributed by atoms with Crippen molar-refractivity contribution in [2.75, 3.05) is 40.9 Å². The molecule has 3 atom stereocenters. The maximum absolute atomic E-state index is 13.4. The molecule has 386 valence electrons. The van der Waals surface area contributed by atoms with E-state index in [4.69, 9.17) is 13.8 Å². The third kappa shape index (κ3) is 47.1. The number of rotatable bonds is 49. The van der Waals surface area contributed by atoms with Crippen molar-refractivity contribution >= 4 is 19.7 Å². The van der Waals surface area contributed by atoms with Crippen LogP contribution in [0.1, 0.15) is 245 Å². The zero-order valence-corrected chi connectivity index (χ0v) is 44.8. The lowest BCUT2D eigenvalue weighted by atomic mass is 10.0. The number of hydrogen-bond acceptors (Lipinski definition) is 7. The van der Waals surface area contributed by atoms with E-state index in [1.165, 1.54) is 122 Å². The number of phosphoric acid groups is 1. The first kappa shape index (κ1) is 64.0. The van der Waals surface area contributed by atoms with Crippen LogP contribution in [0.2, 0.25) is 0 Å². The van der Waals surface area contributed by atoms with Crippen LogP contribution in [0, 0.1) is 0 Å². The van der Waals surface area contributed by atoms with Crippen molar-refractivity contribution in [1.29, 1.82) is 0 Å². The Labute approximate surface area is 408 Å². The van der Waals surface area contributed by atoms with Gasteiger partial charge in [0.1, 0.15) is 19.3 Å². The molecule has 1 N–H and O–H groups in total. The molecule has 0 saturated heterocycles. The van der Waals surface area contributed by atoms with Crippen LogP contribution in [0.5, 0.6) is 0 Å². The van der Waals surface area contributed by atoms with Crippen LogP contribution in [-0.4, -0.2) is 69.4 Å². The highest BCUT2D eigenvalue weighted by Crippen LogP contribution is 2.38. The van der Waals surface area contributed by atoms with E-state index in [0.717, 1.165) is 77.0 Å². The molecule has 0 bridgehead atoms. The molecule has 0 radical (unpaired) electrons. The number of nitrogens with one attached hydrogen (secondary N) is 1. The number of nitrogens with zero attached hydrogens (tertiary/aromatic N) is 1. The number of ether oxygens (including phenoxy) is 1. The van der Waals surface area contributed by atoms with Crippen LogP contribution in [0.15, 0.2) is 48.6 Å². The van der Waals surface area contributed by atoms with Gasteiger partial charge in [0.25, 0.3) is 7.82 Å². The van der Waals surface area contributed by atoms with Crippen molar-refractivity contribution in [2.24, 2.45) is 0 Å². The fraction of sp³-hybridized carbons (Fsp3) is 0.821. The smallest absolute Gasteiger partial charge is 0.306 e. The monoisotopic (exact) mass is 949 g/mol. The zero-order chi connectivity index (χ0) is 48.7. The van der Waals surface area contributed by atoms with Gasteiger partial charge in [0.15, 0.2) is 0 Å². The first-order chi connectivity index (χ1) is 31.9. The second-order valence-corrected chi connectivity index (χ2v) is 21.2. The molecule has 0 aliphatic rings. The van der Waals surface area contributed by atoms with Crippen LogP contribution < -0.4 is 10.2 Å². The Morgan fingerprint density at radius 2 is 0.924 bits per heavy atom. The van der Waals surface area contributed by atoms with Crippen LogP contribution in [0.25, 0.3) is 0 Å². The van der Waals surface area contributed by atoms with Crippen molar-refractivity contribution in [1.82, 2.24) is 5.32 Å². The third-order valence-electron chi connectivity index (χ3n) is 12.0. The van der Waals surface area contributed by atoms with Crippen LogP contribution in [-0.2, 0) is 27.9 Å². The van der Waals surface area contributed by atoms with Gasteiger partial charge in [-0.3, -0.25) is 14.2 Å². The highest BCUT2D eigenvalue weighted by molar-refractivity contribution is 7.45. The largest absolute Gasteiger partial charge is 0.756 e. The van der Waals surface area contributed by atoms with Crippen LogP contribution in [0.4, 0.5) is 0 Å². The minimum atomic E-state index is -4.69. The molecule has 66 heavy (non-hydrogen) atoms. The third-order valence-corrected chi connectivity index (χ3v) is 13.0. The summed E-state index contributed by atoms with van der Waals surface area (Å²) in [6, 6.07) is -0.898. The zero-order valence-electron chi connectivity index (χ0n) is 43.9. The summed E-state index contributed by atoms with van der Waals surface area (Å²) in [5.74, 6) is -0.572. The summed E-state index contributed by atoms with van der Waals surface area (Å²) < 4.78 is 30.1. The molecule has 0 aromatic heterocycles. The fourth-order valence-corrected chi connectivity index (χ4v) is 8.41. The molecule has 9 nitrogen and oxygen atoms in total.